The molecule has 0 saturated heterocycles. The van der Waals surface area contributed by atoms with Gasteiger partial charge in [-0.05, 0) is 38.0 Å². The van der Waals surface area contributed by atoms with E-state index in [0.717, 1.165) is 0 Å². The second-order valence-electron chi connectivity index (χ2n) is 6.88. The maximum Gasteiger partial charge on any atom is 0.412 e. The molecule has 0 aliphatic heterocycles. The van der Waals surface area contributed by atoms with Gasteiger partial charge < -0.3 is 19.3 Å². The van der Waals surface area contributed by atoms with E-state index in [1.165, 1.54) is 11.6 Å². The number of rotatable bonds is 13. The van der Waals surface area contributed by atoms with Crippen molar-refractivity contribution < 1.29 is 34.1 Å². The fourth-order valence-electron chi connectivity index (χ4n) is 3.15. The van der Waals surface area contributed by atoms with Gasteiger partial charge in [-0.15, -0.1) is 0 Å². The highest BCUT2D eigenvalue weighted by atomic mass is 16.6. The number of para-hydroxylation sites is 2. The maximum absolute atomic E-state index is 12.7. The van der Waals surface area contributed by atoms with E-state index in [9.17, 15) is 9.59 Å². The van der Waals surface area contributed by atoms with Crippen LogP contribution in [0.25, 0.3) is 0 Å². The van der Waals surface area contributed by atoms with E-state index in [4.69, 9.17) is 24.5 Å². The predicted octanol–water partition coefficient (Wildman–Crippen LogP) is 3.59. The summed E-state index contributed by atoms with van der Waals surface area (Å²) in [4.78, 5) is 23.9. The minimum Gasteiger partial charge on any atom is -0.491 e. The van der Waals surface area contributed by atoms with Gasteiger partial charge in [0.05, 0.1) is 12.7 Å². The molecule has 2 rings (SSSR count). The summed E-state index contributed by atoms with van der Waals surface area (Å²) >= 11 is 0. The fourth-order valence-corrected chi connectivity index (χ4v) is 3.15. The molecule has 33 heavy (non-hydrogen) atoms. The molecule has 4 N–H and O–H groups in total. The number of hydroxylamine groups is 1. The van der Waals surface area contributed by atoms with Crippen LogP contribution in [0.15, 0.2) is 66.7 Å². The average Bonchev–Trinajstić information content (AvgIpc) is 2.84. The molecule has 0 unspecified atom stereocenters. The van der Waals surface area contributed by atoms with Gasteiger partial charge in [0, 0.05) is 23.9 Å². The Hall–Kier alpha value is -3.40. The van der Waals surface area contributed by atoms with Crippen LogP contribution in [0.3, 0.4) is 0 Å². The first-order valence-corrected chi connectivity index (χ1v) is 10.7. The van der Waals surface area contributed by atoms with Crippen molar-refractivity contribution in [2.45, 2.75) is 32.0 Å². The number of carbonyl (C=O) groups excluding carboxylic acids is 2. The summed E-state index contributed by atoms with van der Waals surface area (Å²) in [5.74, 6) is -0.176. The van der Waals surface area contributed by atoms with Crippen LogP contribution >= 0.6 is 0 Å². The van der Waals surface area contributed by atoms with E-state index >= 15 is 0 Å². The zero-order chi connectivity index (χ0) is 23.9. The molecule has 0 radical (unpaired) electrons. The highest BCUT2D eigenvalue weighted by Gasteiger charge is 2.30. The van der Waals surface area contributed by atoms with E-state index in [1.54, 1.807) is 54.6 Å². The number of nitrogens with one attached hydrogen (secondary N) is 2. The second kappa shape index (κ2) is 14.6. The number of hydrogen-bond acceptors (Lipinski definition) is 7. The van der Waals surface area contributed by atoms with Crippen molar-refractivity contribution >= 4 is 17.7 Å². The molecule has 0 saturated carbocycles. The molecule has 0 bridgehead atoms. The lowest BCUT2D eigenvalue weighted by Crippen LogP contribution is -2.29. The molecule has 0 spiro atoms. The van der Waals surface area contributed by atoms with Crippen LogP contribution < -0.4 is 15.5 Å². The number of ether oxygens (including phenoxy) is 3. The Balaban J connectivity index is 2.28. The lowest BCUT2D eigenvalue weighted by atomic mass is 9.99. The number of hydrogen-bond donors (Lipinski definition) is 4. The zero-order valence-corrected chi connectivity index (χ0v) is 18.5. The minimum atomic E-state index is -0.830. The van der Waals surface area contributed by atoms with Gasteiger partial charge in [-0.3, -0.25) is 15.3 Å². The quantitative estimate of drug-likeness (QED) is 0.205. The molecule has 178 valence electrons. The lowest BCUT2D eigenvalue weighted by molar-refractivity contribution is -0.124. The third-order valence-corrected chi connectivity index (χ3v) is 4.54. The van der Waals surface area contributed by atoms with Gasteiger partial charge in [-0.1, -0.05) is 42.5 Å². The van der Waals surface area contributed by atoms with Crippen molar-refractivity contribution in [2.75, 3.05) is 25.1 Å². The van der Waals surface area contributed by atoms with Crippen molar-refractivity contribution in [1.29, 1.82) is 0 Å². The molecule has 2 aromatic carbocycles. The van der Waals surface area contributed by atoms with Gasteiger partial charge in [-0.25, -0.2) is 10.3 Å². The van der Waals surface area contributed by atoms with Crippen LogP contribution in [-0.2, 0) is 14.3 Å². The van der Waals surface area contributed by atoms with Crippen molar-refractivity contribution in [1.82, 2.24) is 5.48 Å². The second-order valence-corrected chi connectivity index (χ2v) is 6.88. The standard InChI is InChI=1S/C24H30N2O7/c1-2-31-21(14-8-9-15-22(28)26-30)23(19-12-6-7-13-20(19)32-17-16-27)33-24(29)25-18-10-4-3-5-11-18/h3-7,9-13,15,21,23,27,30H,2,8,14,16-17H2,1H3,(H,25,29)(H,26,28)/b15-9+/t21-,23-/m0/s1. The number of aliphatic hydroxyl groups is 1. The van der Waals surface area contributed by atoms with Crippen molar-refractivity contribution in [3.63, 3.8) is 0 Å². The highest BCUT2D eigenvalue weighted by molar-refractivity contribution is 5.86. The molecule has 0 aromatic heterocycles. The predicted molar refractivity (Wildman–Crippen MR) is 122 cm³/mol. The van der Waals surface area contributed by atoms with Crippen LogP contribution in [0.4, 0.5) is 10.5 Å². The topological polar surface area (TPSA) is 126 Å². The average molecular weight is 459 g/mol. The summed E-state index contributed by atoms with van der Waals surface area (Å²) in [6.45, 7) is 2.11. The molecule has 2 amide bonds. The minimum absolute atomic E-state index is 0.0816. The molecule has 9 nitrogen and oxygen atoms in total. The van der Waals surface area contributed by atoms with Crippen LogP contribution in [0.5, 0.6) is 5.75 Å². The van der Waals surface area contributed by atoms with Crippen molar-refractivity contribution in [3.8, 4) is 5.75 Å². The number of aliphatic hydroxyl groups excluding tert-OH is 1. The van der Waals surface area contributed by atoms with E-state index in [2.05, 4.69) is 5.32 Å². The van der Waals surface area contributed by atoms with Crippen LogP contribution in [0.2, 0.25) is 0 Å². The Bertz CT molecular complexity index is 889. The van der Waals surface area contributed by atoms with E-state index < -0.39 is 24.2 Å². The summed E-state index contributed by atoms with van der Waals surface area (Å²) in [5, 5.41) is 20.5. The Morgan fingerprint density at radius 1 is 1.09 bits per heavy atom. The third-order valence-electron chi connectivity index (χ3n) is 4.54. The molecular weight excluding hydrogens is 428 g/mol. The van der Waals surface area contributed by atoms with E-state index in [0.29, 0.717) is 36.4 Å². The molecule has 0 fully saturated rings. The van der Waals surface area contributed by atoms with Gasteiger partial charge in [0.2, 0.25) is 0 Å². The first-order valence-electron chi connectivity index (χ1n) is 10.7. The van der Waals surface area contributed by atoms with Crippen molar-refractivity contribution in [3.05, 3.63) is 72.3 Å². The van der Waals surface area contributed by atoms with Gasteiger partial charge in [0.25, 0.3) is 5.91 Å². The third kappa shape index (κ3) is 8.93. The molecule has 0 heterocycles. The van der Waals surface area contributed by atoms with Crippen LogP contribution in [0.1, 0.15) is 31.4 Å². The molecule has 2 aromatic rings. The number of amides is 2. The largest absolute Gasteiger partial charge is 0.491 e. The SMILES string of the molecule is CCO[C@@H](CC/C=C/C(=O)NO)[C@@H](OC(=O)Nc1ccccc1)c1ccccc1OCCO. The molecule has 0 aliphatic rings. The molecule has 0 aliphatic carbocycles. The smallest absolute Gasteiger partial charge is 0.412 e. The normalized spacial score (nSPS) is 12.7. The Morgan fingerprint density at radius 2 is 1.82 bits per heavy atom. The van der Waals surface area contributed by atoms with Gasteiger partial charge in [0.1, 0.15) is 12.4 Å². The summed E-state index contributed by atoms with van der Waals surface area (Å²) in [6, 6.07) is 16.0. The Labute approximate surface area is 192 Å². The number of allylic oxidation sites excluding steroid dienone is 1. The summed E-state index contributed by atoms with van der Waals surface area (Å²) in [6.07, 6.45) is 1.59. The Kier molecular flexibility index (Phi) is 11.5. The molecular formula is C24H30N2O7. The molecule has 2 atom stereocenters. The number of benzene rings is 2. The van der Waals surface area contributed by atoms with Crippen molar-refractivity contribution in [2.24, 2.45) is 0 Å². The maximum atomic E-state index is 12.7. The zero-order valence-electron chi connectivity index (χ0n) is 18.5. The van der Waals surface area contributed by atoms with Crippen LogP contribution in [-0.4, -0.2) is 48.2 Å². The van der Waals surface area contributed by atoms with E-state index in [1.807, 2.05) is 13.0 Å². The van der Waals surface area contributed by atoms with Gasteiger partial charge >= 0.3 is 6.09 Å². The number of carbonyl (C=O) groups is 2. The summed E-state index contributed by atoms with van der Waals surface area (Å²) in [5.41, 5.74) is 2.70. The summed E-state index contributed by atoms with van der Waals surface area (Å²) in [7, 11) is 0. The Morgan fingerprint density at radius 3 is 2.52 bits per heavy atom. The fraction of sp³-hybridized carbons (Fsp3) is 0.333. The first kappa shape index (κ1) is 25.9. The highest BCUT2D eigenvalue weighted by Crippen LogP contribution is 2.34. The van der Waals surface area contributed by atoms with E-state index in [-0.39, 0.29) is 13.2 Å². The number of anilines is 1. The first-order chi connectivity index (χ1) is 16.1. The van der Waals surface area contributed by atoms with Gasteiger partial charge in [-0.2, -0.15) is 0 Å². The van der Waals surface area contributed by atoms with Gasteiger partial charge in [0.15, 0.2) is 6.10 Å². The van der Waals surface area contributed by atoms with Crippen LogP contribution in [0, 0.1) is 0 Å². The lowest BCUT2D eigenvalue weighted by Gasteiger charge is -2.28. The summed E-state index contributed by atoms with van der Waals surface area (Å²) < 4.78 is 17.4. The molecule has 9 heteroatoms. The monoisotopic (exact) mass is 458 g/mol.